The van der Waals surface area contributed by atoms with E-state index in [2.05, 4.69) is 15.5 Å². The number of carbonyl (C=O) groups excluding carboxylic acids is 2. The standard InChI is InChI=1S/C20H23N3O2S/c1-13(24)21-16-4-2-15(3-5-16)18-6-7-19(26-18)20(25)22-17-12-23-10-8-14(17)9-11-23/h2-7,14,17H,8-12H2,1H3,(H,21,24)(H,22,25). The number of benzene rings is 1. The Morgan fingerprint density at radius 3 is 2.42 bits per heavy atom. The molecule has 5 rings (SSSR count). The minimum absolute atomic E-state index is 0.0369. The van der Waals surface area contributed by atoms with E-state index < -0.39 is 0 Å². The molecule has 1 atom stereocenters. The molecule has 2 amide bonds. The van der Waals surface area contributed by atoms with Gasteiger partial charge in [-0.15, -0.1) is 11.3 Å². The molecule has 3 saturated heterocycles. The van der Waals surface area contributed by atoms with Gasteiger partial charge in [-0.2, -0.15) is 0 Å². The third-order valence-electron chi connectivity index (χ3n) is 5.29. The zero-order valence-corrected chi connectivity index (χ0v) is 15.6. The van der Waals surface area contributed by atoms with Crippen LogP contribution in [0.5, 0.6) is 0 Å². The molecule has 1 aromatic carbocycles. The SMILES string of the molecule is CC(=O)Nc1ccc(-c2ccc(C(=O)NC3CN4CCC3CC4)s2)cc1. The van der Waals surface area contributed by atoms with Gasteiger partial charge in [0.05, 0.1) is 4.88 Å². The van der Waals surface area contributed by atoms with Crippen LogP contribution in [0.1, 0.15) is 29.4 Å². The van der Waals surface area contributed by atoms with Gasteiger partial charge in [0.15, 0.2) is 0 Å². The van der Waals surface area contributed by atoms with Crippen LogP contribution >= 0.6 is 11.3 Å². The largest absolute Gasteiger partial charge is 0.347 e. The van der Waals surface area contributed by atoms with Crippen molar-refractivity contribution in [2.45, 2.75) is 25.8 Å². The molecule has 4 heterocycles. The van der Waals surface area contributed by atoms with Crippen molar-refractivity contribution >= 4 is 28.8 Å². The van der Waals surface area contributed by atoms with E-state index >= 15 is 0 Å². The maximum Gasteiger partial charge on any atom is 0.261 e. The molecule has 1 unspecified atom stereocenters. The average Bonchev–Trinajstić information content (AvgIpc) is 3.13. The lowest BCUT2D eigenvalue weighted by molar-refractivity contribution is -0.114. The molecule has 3 fully saturated rings. The summed E-state index contributed by atoms with van der Waals surface area (Å²) in [5.74, 6) is 0.583. The third kappa shape index (κ3) is 3.66. The summed E-state index contributed by atoms with van der Waals surface area (Å²) in [7, 11) is 0. The molecule has 2 bridgehead atoms. The zero-order valence-electron chi connectivity index (χ0n) is 14.8. The summed E-state index contributed by atoms with van der Waals surface area (Å²) in [6.07, 6.45) is 2.39. The van der Waals surface area contributed by atoms with E-state index in [9.17, 15) is 9.59 Å². The monoisotopic (exact) mass is 369 g/mol. The summed E-state index contributed by atoms with van der Waals surface area (Å²) < 4.78 is 0. The molecule has 0 spiro atoms. The van der Waals surface area contributed by atoms with Crippen molar-refractivity contribution in [3.05, 3.63) is 41.3 Å². The number of hydrogen-bond donors (Lipinski definition) is 2. The Bertz CT molecular complexity index is 807. The lowest BCUT2D eigenvalue weighted by atomic mass is 9.84. The molecular formula is C20H23N3O2S. The highest BCUT2D eigenvalue weighted by Crippen LogP contribution is 2.31. The van der Waals surface area contributed by atoms with E-state index in [-0.39, 0.29) is 17.9 Å². The summed E-state index contributed by atoms with van der Waals surface area (Å²) in [6.45, 7) is 4.83. The van der Waals surface area contributed by atoms with Crippen molar-refractivity contribution < 1.29 is 9.59 Å². The summed E-state index contributed by atoms with van der Waals surface area (Å²) in [5, 5.41) is 6.01. The highest BCUT2D eigenvalue weighted by atomic mass is 32.1. The first-order valence-electron chi connectivity index (χ1n) is 9.09. The number of nitrogens with one attached hydrogen (secondary N) is 2. The Balaban J connectivity index is 1.42. The minimum Gasteiger partial charge on any atom is -0.347 e. The Morgan fingerprint density at radius 2 is 1.81 bits per heavy atom. The van der Waals surface area contributed by atoms with E-state index in [4.69, 9.17) is 0 Å². The zero-order chi connectivity index (χ0) is 18.1. The predicted octanol–water partition coefficient (Wildman–Crippen LogP) is 3.20. The lowest BCUT2D eigenvalue weighted by Gasteiger charge is -2.44. The normalized spacial score (nSPS) is 24.3. The third-order valence-corrected chi connectivity index (χ3v) is 6.43. The van der Waals surface area contributed by atoms with Crippen molar-refractivity contribution in [1.82, 2.24) is 10.2 Å². The number of rotatable bonds is 4. The Hall–Kier alpha value is -2.18. The van der Waals surface area contributed by atoms with Crippen LogP contribution in [0.2, 0.25) is 0 Å². The maximum atomic E-state index is 12.6. The fourth-order valence-electron chi connectivity index (χ4n) is 3.90. The molecule has 3 aliphatic rings. The van der Waals surface area contributed by atoms with Crippen LogP contribution in [-0.2, 0) is 4.79 Å². The first-order chi connectivity index (χ1) is 12.6. The molecule has 3 aliphatic heterocycles. The van der Waals surface area contributed by atoms with Crippen molar-refractivity contribution in [1.29, 1.82) is 0 Å². The second-order valence-corrected chi connectivity index (χ2v) is 8.22. The first-order valence-corrected chi connectivity index (χ1v) is 9.91. The van der Waals surface area contributed by atoms with Crippen molar-refractivity contribution in [2.24, 2.45) is 5.92 Å². The topological polar surface area (TPSA) is 61.4 Å². The van der Waals surface area contributed by atoms with Gasteiger partial charge in [-0.05, 0) is 61.7 Å². The fourth-order valence-corrected chi connectivity index (χ4v) is 4.82. The Labute approximate surface area is 157 Å². The van der Waals surface area contributed by atoms with Crippen LogP contribution in [0.25, 0.3) is 10.4 Å². The molecule has 136 valence electrons. The van der Waals surface area contributed by atoms with Gasteiger partial charge < -0.3 is 15.5 Å². The molecule has 5 nitrogen and oxygen atoms in total. The minimum atomic E-state index is -0.0828. The van der Waals surface area contributed by atoms with Gasteiger partial charge in [-0.1, -0.05) is 12.1 Å². The summed E-state index contributed by atoms with van der Waals surface area (Å²) in [4.78, 5) is 28.0. The van der Waals surface area contributed by atoms with Crippen LogP contribution in [-0.4, -0.2) is 42.4 Å². The maximum absolute atomic E-state index is 12.6. The number of amides is 2. The molecule has 2 aromatic rings. The summed E-state index contributed by atoms with van der Waals surface area (Å²) in [5.41, 5.74) is 1.82. The Morgan fingerprint density at radius 1 is 1.08 bits per heavy atom. The molecule has 1 aromatic heterocycles. The van der Waals surface area contributed by atoms with Crippen LogP contribution in [0, 0.1) is 5.92 Å². The number of anilines is 1. The number of nitrogens with zero attached hydrogens (tertiary/aromatic N) is 1. The van der Waals surface area contributed by atoms with Gasteiger partial charge in [0, 0.05) is 30.1 Å². The predicted molar refractivity (Wildman–Crippen MR) is 104 cm³/mol. The van der Waals surface area contributed by atoms with E-state index in [1.54, 1.807) is 0 Å². The first kappa shape index (κ1) is 17.2. The van der Waals surface area contributed by atoms with E-state index in [1.807, 2.05) is 36.4 Å². The van der Waals surface area contributed by atoms with Gasteiger partial charge in [-0.25, -0.2) is 0 Å². The second-order valence-electron chi connectivity index (χ2n) is 7.14. The van der Waals surface area contributed by atoms with Crippen molar-refractivity contribution in [3.63, 3.8) is 0 Å². The number of fused-ring (bicyclic) bond motifs is 3. The van der Waals surface area contributed by atoms with Crippen molar-refractivity contribution in [2.75, 3.05) is 25.0 Å². The van der Waals surface area contributed by atoms with Crippen LogP contribution in [0.15, 0.2) is 36.4 Å². The van der Waals surface area contributed by atoms with Gasteiger partial charge in [0.1, 0.15) is 0 Å². The van der Waals surface area contributed by atoms with Crippen LogP contribution in [0.4, 0.5) is 5.69 Å². The summed E-state index contributed by atoms with van der Waals surface area (Å²) >= 11 is 1.51. The number of piperidine rings is 3. The fraction of sp³-hybridized carbons (Fsp3) is 0.400. The molecule has 0 aliphatic carbocycles. The average molecular weight is 369 g/mol. The molecular weight excluding hydrogens is 346 g/mol. The smallest absolute Gasteiger partial charge is 0.261 e. The number of hydrogen-bond acceptors (Lipinski definition) is 4. The van der Waals surface area contributed by atoms with Gasteiger partial charge in [0.2, 0.25) is 5.91 Å². The van der Waals surface area contributed by atoms with Crippen molar-refractivity contribution in [3.8, 4) is 10.4 Å². The van der Waals surface area contributed by atoms with Gasteiger partial charge >= 0.3 is 0 Å². The molecule has 0 saturated carbocycles. The molecule has 6 heteroatoms. The van der Waals surface area contributed by atoms with Gasteiger partial charge in [-0.3, -0.25) is 9.59 Å². The highest BCUT2D eigenvalue weighted by Gasteiger charge is 2.35. The van der Waals surface area contributed by atoms with E-state index in [1.165, 1.54) is 44.2 Å². The highest BCUT2D eigenvalue weighted by molar-refractivity contribution is 7.17. The van der Waals surface area contributed by atoms with Crippen LogP contribution < -0.4 is 10.6 Å². The quantitative estimate of drug-likeness (QED) is 0.870. The van der Waals surface area contributed by atoms with E-state index in [0.717, 1.165) is 27.5 Å². The summed E-state index contributed by atoms with van der Waals surface area (Å²) in [6, 6.07) is 11.9. The molecule has 26 heavy (non-hydrogen) atoms. The molecule has 0 radical (unpaired) electrons. The van der Waals surface area contributed by atoms with Crippen LogP contribution in [0.3, 0.4) is 0 Å². The van der Waals surface area contributed by atoms with Gasteiger partial charge in [0.25, 0.3) is 5.91 Å². The lowest BCUT2D eigenvalue weighted by Crippen LogP contribution is -2.57. The number of carbonyl (C=O) groups is 2. The van der Waals surface area contributed by atoms with E-state index in [0.29, 0.717) is 5.92 Å². The second kappa shape index (κ2) is 7.21. The molecule has 2 N–H and O–H groups in total. The number of thiophene rings is 1. The Kier molecular flexibility index (Phi) is 4.78.